The zero-order valence-electron chi connectivity index (χ0n) is 14.2. The Labute approximate surface area is 146 Å². The molecule has 6 nitrogen and oxygen atoms in total. The summed E-state index contributed by atoms with van der Waals surface area (Å²) in [5.74, 6) is 1.86. The van der Waals surface area contributed by atoms with Gasteiger partial charge in [0.25, 0.3) is 0 Å². The van der Waals surface area contributed by atoms with Crippen LogP contribution in [0, 0.1) is 0 Å². The van der Waals surface area contributed by atoms with E-state index >= 15 is 0 Å². The molecule has 7 heteroatoms. The SMILES string of the molecule is CSc1nnc(CN(C)C/C=C/c2ccco2)n1CC1CCCO1. The molecule has 1 saturated heterocycles. The van der Waals surface area contributed by atoms with Gasteiger partial charge in [0.1, 0.15) is 11.6 Å². The average Bonchev–Trinajstić information content (AvgIpc) is 3.31. The van der Waals surface area contributed by atoms with Gasteiger partial charge >= 0.3 is 0 Å². The normalized spacial score (nSPS) is 18.2. The Balaban J connectivity index is 1.59. The first-order chi connectivity index (χ1) is 11.8. The second-order valence-corrected chi connectivity index (χ2v) is 6.74. The van der Waals surface area contributed by atoms with Gasteiger partial charge in [0.15, 0.2) is 5.16 Å². The van der Waals surface area contributed by atoms with E-state index in [4.69, 9.17) is 9.15 Å². The number of likely N-dealkylation sites (N-methyl/N-ethyl adjacent to an activating group) is 1. The predicted molar refractivity (Wildman–Crippen MR) is 94.9 cm³/mol. The van der Waals surface area contributed by atoms with Crippen molar-refractivity contribution in [3.05, 3.63) is 36.1 Å². The van der Waals surface area contributed by atoms with Crippen molar-refractivity contribution in [2.75, 3.05) is 26.5 Å². The second-order valence-electron chi connectivity index (χ2n) is 5.96. The van der Waals surface area contributed by atoms with Gasteiger partial charge in [-0.15, -0.1) is 10.2 Å². The third-order valence-electron chi connectivity index (χ3n) is 4.04. The van der Waals surface area contributed by atoms with Crippen LogP contribution >= 0.6 is 11.8 Å². The second kappa shape index (κ2) is 8.50. The van der Waals surface area contributed by atoms with Crippen LogP contribution in [0.1, 0.15) is 24.4 Å². The van der Waals surface area contributed by atoms with Gasteiger partial charge < -0.3 is 13.7 Å². The molecule has 2 aromatic rings. The number of hydrogen-bond donors (Lipinski definition) is 0. The molecule has 0 saturated carbocycles. The summed E-state index contributed by atoms with van der Waals surface area (Å²) in [5.41, 5.74) is 0. The molecule has 0 amide bonds. The van der Waals surface area contributed by atoms with E-state index < -0.39 is 0 Å². The first-order valence-electron chi connectivity index (χ1n) is 8.22. The van der Waals surface area contributed by atoms with E-state index in [1.54, 1.807) is 18.0 Å². The number of rotatable bonds is 8. The van der Waals surface area contributed by atoms with Gasteiger partial charge in [0.2, 0.25) is 0 Å². The van der Waals surface area contributed by atoms with Crippen LogP contribution in [0.3, 0.4) is 0 Å². The summed E-state index contributed by atoms with van der Waals surface area (Å²) in [6.07, 6.45) is 10.4. The Kier molecular flexibility index (Phi) is 6.12. The molecule has 0 aliphatic carbocycles. The molecule has 130 valence electrons. The zero-order chi connectivity index (χ0) is 16.8. The summed E-state index contributed by atoms with van der Waals surface area (Å²) in [6.45, 7) is 3.29. The fourth-order valence-corrected chi connectivity index (χ4v) is 3.33. The van der Waals surface area contributed by atoms with Gasteiger partial charge in [-0.3, -0.25) is 4.90 Å². The molecule has 0 spiro atoms. The van der Waals surface area contributed by atoms with Crippen LogP contribution in [0.5, 0.6) is 0 Å². The minimum atomic E-state index is 0.287. The molecule has 24 heavy (non-hydrogen) atoms. The van der Waals surface area contributed by atoms with Crippen LogP contribution < -0.4 is 0 Å². The van der Waals surface area contributed by atoms with Gasteiger partial charge in [-0.1, -0.05) is 17.8 Å². The Bertz CT molecular complexity index is 648. The van der Waals surface area contributed by atoms with Gasteiger partial charge in [-0.2, -0.15) is 0 Å². The molecule has 1 atom stereocenters. The van der Waals surface area contributed by atoms with E-state index in [0.717, 1.165) is 55.8 Å². The molecule has 2 aromatic heterocycles. The minimum Gasteiger partial charge on any atom is -0.465 e. The third kappa shape index (κ3) is 4.49. The summed E-state index contributed by atoms with van der Waals surface area (Å²) in [7, 11) is 2.08. The summed E-state index contributed by atoms with van der Waals surface area (Å²) in [6, 6.07) is 3.83. The van der Waals surface area contributed by atoms with E-state index in [1.165, 1.54) is 0 Å². The predicted octanol–water partition coefficient (Wildman–Crippen LogP) is 2.92. The lowest BCUT2D eigenvalue weighted by molar-refractivity contribution is 0.0936. The van der Waals surface area contributed by atoms with Gasteiger partial charge in [0, 0.05) is 13.2 Å². The maximum Gasteiger partial charge on any atom is 0.191 e. The standard InChI is InChI=1S/C17H24N4O2S/c1-20(9-3-6-14-7-4-10-22-14)13-16-18-19-17(24-2)21(16)12-15-8-5-11-23-15/h3-4,6-7,10,15H,5,8-9,11-13H2,1-2H3/b6-3+. The third-order valence-corrected chi connectivity index (χ3v) is 4.71. The number of thioether (sulfide) groups is 1. The smallest absolute Gasteiger partial charge is 0.191 e. The molecule has 1 aliphatic rings. The minimum absolute atomic E-state index is 0.287. The van der Waals surface area contributed by atoms with Crippen molar-refractivity contribution in [1.82, 2.24) is 19.7 Å². The highest BCUT2D eigenvalue weighted by molar-refractivity contribution is 7.98. The Morgan fingerprint density at radius 3 is 3.08 bits per heavy atom. The van der Waals surface area contributed by atoms with Crippen LogP contribution in [0.15, 0.2) is 34.0 Å². The summed E-state index contributed by atoms with van der Waals surface area (Å²) in [4.78, 5) is 2.21. The van der Waals surface area contributed by atoms with Crippen LogP contribution in [-0.4, -0.2) is 52.2 Å². The first-order valence-corrected chi connectivity index (χ1v) is 9.45. The lowest BCUT2D eigenvalue weighted by atomic mass is 10.2. The fraction of sp³-hybridized carbons (Fsp3) is 0.529. The number of ether oxygens (including phenoxy) is 1. The van der Waals surface area contributed by atoms with Crippen molar-refractivity contribution < 1.29 is 9.15 Å². The highest BCUT2D eigenvalue weighted by atomic mass is 32.2. The molecule has 1 unspecified atom stereocenters. The molecule has 1 fully saturated rings. The average molecular weight is 348 g/mol. The molecule has 3 heterocycles. The molecule has 0 N–H and O–H groups in total. The lowest BCUT2D eigenvalue weighted by Crippen LogP contribution is -2.23. The van der Waals surface area contributed by atoms with E-state index in [2.05, 4.69) is 32.8 Å². The van der Waals surface area contributed by atoms with E-state index in [0.29, 0.717) is 0 Å². The van der Waals surface area contributed by atoms with Crippen LogP contribution in [0.2, 0.25) is 0 Å². The summed E-state index contributed by atoms with van der Waals surface area (Å²) in [5, 5.41) is 9.65. The van der Waals surface area contributed by atoms with Crippen molar-refractivity contribution in [3.63, 3.8) is 0 Å². The van der Waals surface area contributed by atoms with Gasteiger partial charge in [-0.05, 0) is 44.4 Å². The topological polar surface area (TPSA) is 56.3 Å². The van der Waals surface area contributed by atoms with Gasteiger partial charge in [-0.25, -0.2) is 0 Å². The number of furan rings is 1. The van der Waals surface area contributed by atoms with E-state index in [1.807, 2.05) is 24.5 Å². The number of aromatic nitrogens is 3. The molecular weight excluding hydrogens is 324 g/mol. The number of nitrogens with zero attached hydrogens (tertiary/aromatic N) is 4. The highest BCUT2D eigenvalue weighted by Crippen LogP contribution is 2.20. The number of hydrogen-bond acceptors (Lipinski definition) is 6. The lowest BCUT2D eigenvalue weighted by Gasteiger charge is -2.17. The Morgan fingerprint density at radius 2 is 2.38 bits per heavy atom. The first kappa shape index (κ1) is 17.3. The Morgan fingerprint density at radius 1 is 1.46 bits per heavy atom. The monoisotopic (exact) mass is 348 g/mol. The van der Waals surface area contributed by atoms with Crippen LogP contribution in [0.4, 0.5) is 0 Å². The van der Waals surface area contributed by atoms with Crippen LogP contribution in [0.25, 0.3) is 6.08 Å². The van der Waals surface area contributed by atoms with Gasteiger partial charge in [0.05, 0.1) is 25.5 Å². The maximum absolute atomic E-state index is 5.77. The van der Waals surface area contributed by atoms with E-state index in [9.17, 15) is 0 Å². The summed E-state index contributed by atoms with van der Waals surface area (Å²) < 4.78 is 13.3. The molecule has 0 aromatic carbocycles. The molecule has 3 rings (SSSR count). The van der Waals surface area contributed by atoms with Crippen LogP contribution in [-0.2, 0) is 17.8 Å². The van der Waals surface area contributed by atoms with Crippen molar-refractivity contribution in [3.8, 4) is 0 Å². The quantitative estimate of drug-likeness (QED) is 0.684. The fourth-order valence-electron chi connectivity index (χ4n) is 2.80. The highest BCUT2D eigenvalue weighted by Gasteiger charge is 2.20. The molecule has 0 bridgehead atoms. The van der Waals surface area contributed by atoms with Crippen molar-refractivity contribution in [2.45, 2.75) is 37.2 Å². The van der Waals surface area contributed by atoms with Crippen molar-refractivity contribution in [2.24, 2.45) is 0 Å². The molecule has 0 radical (unpaired) electrons. The molecular formula is C17H24N4O2S. The van der Waals surface area contributed by atoms with Crippen molar-refractivity contribution in [1.29, 1.82) is 0 Å². The molecule has 1 aliphatic heterocycles. The largest absolute Gasteiger partial charge is 0.465 e. The zero-order valence-corrected chi connectivity index (χ0v) is 15.0. The summed E-state index contributed by atoms with van der Waals surface area (Å²) >= 11 is 1.63. The Hall–Kier alpha value is -1.57. The van der Waals surface area contributed by atoms with Crippen molar-refractivity contribution >= 4 is 17.8 Å². The maximum atomic E-state index is 5.77. The van der Waals surface area contributed by atoms with E-state index in [-0.39, 0.29) is 6.10 Å².